The highest BCUT2D eigenvalue weighted by molar-refractivity contribution is 6.01. The number of nitrogens with zero attached hydrogens (tertiary/aromatic N) is 1. The molecule has 28 heavy (non-hydrogen) atoms. The Morgan fingerprint density at radius 1 is 1.18 bits per heavy atom. The monoisotopic (exact) mass is 381 g/mol. The fraction of sp³-hybridized carbons (Fsp3) is 0.182. The topological polar surface area (TPSA) is 68.5 Å². The lowest BCUT2D eigenvalue weighted by Gasteiger charge is -2.21. The highest BCUT2D eigenvalue weighted by Crippen LogP contribution is 2.38. The molecule has 6 heteroatoms. The number of ether oxygens (including phenoxy) is 1. The van der Waals surface area contributed by atoms with Gasteiger partial charge in [-0.25, -0.2) is 9.18 Å². The number of benzene rings is 2. The molecule has 0 aliphatic heterocycles. The average molecular weight is 381 g/mol. The minimum atomic E-state index is -1.13. The molecular weight excluding hydrogens is 361 g/mol. The van der Waals surface area contributed by atoms with E-state index in [0.717, 1.165) is 6.08 Å². The fourth-order valence-corrected chi connectivity index (χ4v) is 3.37. The lowest BCUT2D eigenvalue weighted by molar-refractivity contribution is -0.131. The van der Waals surface area contributed by atoms with Gasteiger partial charge in [0.15, 0.2) is 0 Å². The van der Waals surface area contributed by atoms with Crippen molar-refractivity contribution in [3.8, 4) is 16.9 Å². The van der Waals surface area contributed by atoms with E-state index in [4.69, 9.17) is 9.84 Å². The third-order valence-corrected chi connectivity index (χ3v) is 4.49. The maximum absolute atomic E-state index is 13.8. The number of methoxy groups -OCH3 is 1. The Balaban J connectivity index is 2.56. The molecule has 3 rings (SSSR count). The molecule has 144 valence electrons. The average Bonchev–Trinajstić information content (AvgIpc) is 2.66. The second-order valence-corrected chi connectivity index (χ2v) is 6.59. The number of aromatic nitrogens is 1. The van der Waals surface area contributed by atoms with E-state index in [1.54, 1.807) is 34.9 Å². The zero-order valence-electron chi connectivity index (χ0n) is 15.8. The van der Waals surface area contributed by atoms with Gasteiger partial charge in [-0.15, -0.1) is 0 Å². The molecular formula is C22H20FNO4. The van der Waals surface area contributed by atoms with E-state index in [0.29, 0.717) is 33.3 Å². The molecule has 0 aliphatic rings. The van der Waals surface area contributed by atoms with Crippen LogP contribution in [-0.2, 0) is 4.79 Å². The second kappa shape index (κ2) is 7.68. The van der Waals surface area contributed by atoms with E-state index >= 15 is 0 Å². The van der Waals surface area contributed by atoms with Crippen molar-refractivity contribution >= 4 is 22.8 Å². The molecule has 0 saturated carbocycles. The molecule has 1 aromatic heterocycles. The van der Waals surface area contributed by atoms with Gasteiger partial charge in [0.05, 0.1) is 12.8 Å². The number of rotatable bonds is 5. The van der Waals surface area contributed by atoms with Gasteiger partial charge in [-0.3, -0.25) is 4.79 Å². The first kappa shape index (κ1) is 19.4. The van der Waals surface area contributed by atoms with Crippen molar-refractivity contribution in [1.29, 1.82) is 0 Å². The Bertz CT molecular complexity index is 1150. The van der Waals surface area contributed by atoms with Gasteiger partial charge < -0.3 is 14.4 Å². The van der Waals surface area contributed by atoms with Crippen LogP contribution < -0.4 is 10.3 Å². The van der Waals surface area contributed by atoms with Crippen LogP contribution in [0.15, 0.2) is 53.3 Å². The Kier molecular flexibility index (Phi) is 5.31. The van der Waals surface area contributed by atoms with Crippen molar-refractivity contribution in [2.45, 2.75) is 19.9 Å². The summed E-state index contributed by atoms with van der Waals surface area (Å²) in [6, 6.07) is 11.0. The van der Waals surface area contributed by atoms with Gasteiger partial charge in [-0.05, 0) is 43.5 Å². The van der Waals surface area contributed by atoms with Gasteiger partial charge in [0.2, 0.25) is 0 Å². The summed E-state index contributed by atoms with van der Waals surface area (Å²) in [6.07, 6.45) is 2.39. The van der Waals surface area contributed by atoms with Gasteiger partial charge in [0.25, 0.3) is 5.56 Å². The van der Waals surface area contributed by atoms with Gasteiger partial charge in [-0.2, -0.15) is 0 Å². The van der Waals surface area contributed by atoms with E-state index in [1.807, 2.05) is 13.8 Å². The molecule has 3 aromatic rings. The molecule has 1 N–H and O–H groups in total. The Morgan fingerprint density at radius 3 is 2.46 bits per heavy atom. The highest BCUT2D eigenvalue weighted by atomic mass is 19.1. The first-order chi connectivity index (χ1) is 13.3. The van der Waals surface area contributed by atoms with Crippen LogP contribution in [0.1, 0.15) is 25.6 Å². The minimum absolute atomic E-state index is 0.222. The summed E-state index contributed by atoms with van der Waals surface area (Å²) >= 11 is 0. The minimum Gasteiger partial charge on any atom is -0.496 e. The zero-order valence-corrected chi connectivity index (χ0v) is 15.8. The normalized spacial score (nSPS) is 11.5. The van der Waals surface area contributed by atoms with E-state index in [1.165, 1.54) is 25.3 Å². The number of aliphatic carboxylic acids is 1. The molecule has 1 heterocycles. The molecule has 0 amide bonds. The predicted molar refractivity (Wildman–Crippen MR) is 107 cm³/mol. The predicted octanol–water partition coefficient (Wildman–Crippen LogP) is 4.49. The maximum Gasteiger partial charge on any atom is 0.328 e. The summed E-state index contributed by atoms with van der Waals surface area (Å²) in [4.78, 5) is 24.3. The molecule has 5 nitrogen and oxygen atoms in total. The van der Waals surface area contributed by atoms with Crippen LogP contribution in [0.3, 0.4) is 0 Å². The molecule has 0 saturated heterocycles. The summed E-state index contributed by atoms with van der Waals surface area (Å²) in [5, 5.41) is 10.3. The van der Waals surface area contributed by atoms with E-state index in [9.17, 15) is 14.0 Å². The van der Waals surface area contributed by atoms with Crippen molar-refractivity contribution in [2.75, 3.05) is 7.11 Å². The van der Waals surface area contributed by atoms with Crippen molar-refractivity contribution in [3.05, 3.63) is 70.4 Å². The van der Waals surface area contributed by atoms with Crippen LogP contribution in [0, 0.1) is 5.82 Å². The SMILES string of the molecule is COc1cc(F)ccc1-c1c(C=CC(=O)O)n(C(C)C)c(=O)c2ccccc12. The summed E-state index contributed by atoms with van der Waals surface area (Å²) in [7, 11) is 1.44. The number of hydrogen-bond acceptors (Lipinski definition) is 3. The van der Waals surface area contributed by atoms with Gasteiger partial charge in [0, 0.05) is 34.7 Å². The quantitative estimate of drug-likeness (QED) is 0.661. The van der Waals surface area contributed by atoms with E-state index < -0.39 is 11.8 Å². The first-order valence-electron chi connectivity index (χ1n) is 8.77. The van der Waals surface area contributed by atoms with Gasteiger partial charge in [0.1, 0.15) is 11.6 Å². The summed E-state index contributed by atoms with van der Waals surface area (Å²) in [5.74, 6) is -1.29. The van der Waals surface area contributed by atoms with Crippen LogP contribution in [0.4, 0.5) is 4.39 Å². The van der Waals surface area contributed by atoms with Gasteiger partial charge in [-0.1, -0.05) is 18.2 Å². The molecule has 0 fully saturated rings. The van der Waals surface area contributed by atoms with Crippen molar-refractivity contribution in [1.82, 2.24) is 4.57 Å². The van der Waals surface area contributed by atoms with Crippen LogP contribution >= 0.6 is 0 Å². The van der Waals surface area contributed by atoms with Crippen LogP contribution in [-0.4, -0.2) is 22.8 Å². The highest BCUT2D eigenvalue weighted by Gasteiger charge is 2.20. The fourth-order valence-electron chi connectivity index (χ4n) is 3.37. The number of carbonyl (C=O) groups is 1. The Hall–Kier alpha value is -3.41. The molecule has 0 atom stereocenters. The number of pyridine rings is 1. The lowest BCUT2D eigenvalue weighted by Crippen LogP contribution is -2.25. The number of carboxylic acid groups (broad SMARTS) is 1. The largest absolute Gasteiger partial charge is 0.496 e. The third-order valence-electron chi connectivity index (χ3n) is 4.49. The van der Waals surface area contributed by atoms with Crippen LogP contribution in [0.25, 0.3) is 28.0 Å². The van der Waals surface area contributed by atoms with Crippen molar-refractivity contribution in [2.24, 2.45) is 0 Å². The van der Waals surface area contributed by atoms with E-state index in [-0.39, 0.29) is 11.6 Å². The molecule has 0 unspecified atom stereocenters. The zero-order chi connectivity index (χ0) is 20.4. The second-order valence-electron chi connectivity index (χ2n) is 6.59. The Morgan fingerprint density at radius 2 is 1.86 bits per heavy atom. The third kappa shape index (κ3) is 3.41. The number of halogens is 1. The lowest BCUT2D eigenvalue weighted by atomic mass is 9.95. The summed E-state index contributed by atoms with van der Waals surface area (Å²) in [5.41, 5.74) is 1.38. The summed E-state index contributed by atoms with van der Waals surface area (Å²) < 4.78 is 20.7. The first-order valence-corrected chi connectivity index (χ1v) is 8.77. The van der Waals surface area contributed by atoms with Crippen molar-refractivity contribution in [3.63, 3.8) is 0 Å². The molecule has 2 aromatic carbocycles. The molecule has 0 radical (unpaired) electrons. The van der Waals surface area contributed by atoms with Crippen LogP contribution in [0.2, 0.25) is 0 Å². The van der Waals surface area contributed by atoms with Crippen molar-refractivity contribution < 1.29 is 19.0 Å². The molecule has 0 bridgehead atoms. The molecule has 0 spiro atoms. The van der Waals surface area contributed by atoms with Crippen LogP contribution in [0.5, 0.6) is 5.75 Å². The number of fused-ring (bicyclic) bond motifs is 1. The summed E-state index contributed by atoms with van der Waals surface area (Å²) in [6.45, 7) is 3.69. The Labute approximate surface area is 161 Å². The van der Waals surface area contributed by atoms with Gasteiger partial charge >= 0.3 is 5.97 Å². The molecule has 0 aliphatic carbocycles. The van der Waals surface area contributed by atoms with E-state index in [2.05, 4.69) is 0 Å². The maximum atomic E-state index is 13.8. The number of hydrogen-bond donors (Lipinski definition) is 1. The smallest absolute Gasteiger partial charge is 0.328 e. The number of carboxylic acids is 1. The standard InChI is InChI=1S/C22H20FNO4/c1-13(2)24-18(10-11-20(25)26)21(15-6-4-5-7-16(15)22(24)27)17-9-8-14(23)12-19(17)28-3/h4-13H,1-3H3,(H,25,26).